The first kappa shape index (κ1) is 13.0. The van der Waals surface area contributed by atoms with Gasteiger partial charge in [-0.25, -0.2) is 0 Å². The van der Waals surface area contributed by atoms with Gasteiger partial charge in [-0.15, -0.1) is 0 Å². The van der Waals surface area contributed by atoms with E-state index in [-0.39, 0.29) is 12.6 Å². The first-order valence-corrected chi connectivity index (χ1v) is 6.29. The molecule has 0 heterocycles. The van der Waals surface area contributed by atoms with Crippen molar-refractivity contribution in [3.63, 3.8) is 0 Å². The van der Waals surface area contributed by atoms with Gasteiger partial charge < -0.3 is 10.4 Å². The largest absolute Gasteiger partial charge is 0.394 e. The minimum atomic E-state index is 0.194. The highest BCUT2D eigenvalue weighted by Crippen LogP contribution is 2.11. The van der Waals surface area contributed by atoms with E-state index in [0.29, 0.717) is 0 Å². The number of rotatable bonds is 8. The summed E-state index contributed by atoms with van der Waals surface area (Å²) in [4.78, 5) is 0. The van der Waals surface area contributed by atoms with E-state index in [1.165, 1.54) is 25.7 Å². The molecule has 0 aromatic heterocycles. The van der Waals surface area contributed by atoms with E-state index in [4.69, 9.17) is 0 Å². The Kier molecular flexibility index (Phi) is 6.66. The lowest BCUT2D eigenvalue weighted by Gasteiger charge is -2.17. The first-order chi connectivity index (χ1) is 7.86. The number of anilines is 1. The first-order valence-electron chi connectivity index (χ1n) is 6.29. The molecule has 2 heteroatoms. The number of benzene rings is 1. The Morgan fingerprint density at radius 1 is 1.12 bits per heavy atom. The molecule has 0 aliphatic rings. The fourth-order valence-electron chi connectivity index (χ4n) is 1.80. The summed E-state index contributed by atoms with van der Waals surface area (Å²) in [5.41, 5.74) is 1.09. The van der Waals surface area contributed by atoms with E-state index < -0.39 is 0 Å². The predicted octanol–water partition coefficient (Wildman–Crippen LogP) is 3.43. The Balaban J connectivity index is 2.26. The van der Waals surface area contributed by atoms with Gasteiger partial charge in [0.15, 0.2) is 0 Å². The van der Waals surface area contributed by atoms with E-state index in [2.05, 4.69) is 12.2 Å². The van der Waals surface area contributed by atoms with Gasteiger partial charge in [0.05, 0.1) is 6.61 Å². The molecule has 0 saturated heterocycles. The highest BCUT2D eigenvalue weighted by molar-refractivity contribution is 5.43. The third-order valence-corrected chi connectivity index (χ3v) is 2.77. The van der Waals surface area contributed by atoms with Crippen molar-refractivity contribution in [3.05, 3.63) is 30.3 Å². The maximum Gasteiger partial charge on any atom is 0.0632 e. The molecule has 0 aliphatic heterocycles. The minimum Gasteiger partial charge on any atom is -0.394 e. The van der Waals surface area contributed by atoms with Crippen LogP contribution in [0.4, 0.5) is 5.69 Å². The highest BCUT2D eigenvalue weighted by Gasteiger charge is 2.05. The summed E-state index contributed by atoms with van der Waals surface area (Å²) >= 11 is 0. The van der Waals surface area contributed by atoms with Gasteiger partial charge in [0.2, 0.25) is 0 Å². The molecule has 16 heavy (non-hydrogen) atoms. The number of hydrogen-bond acceptors (Lipinski definition) is 2. The van der Waals surface area contributed by atoms with Crippen molar-refractivity contribution >= 4 is 5.69 Å². The third kappa shape index (κ3) is 5.17. The van der Waals surface area contributed by atoms with Gasteiger partial charge >= 0.3 is 0 Å². The van der Waals surface area contributed by atoms with Crippen LogP contribution in [0.2, 0.25) is 0 Å². The van der Waals surface area contributed by atoms with Crippen molar-refractivity contribution in [3.8, 4) is 0 Å². The van der Waals surface area contributed by atoms with Crippen LogP contribution < -0.4 is 5.32 Å². The molecular formula is C14H23NO. The van der Waals surface area contributed by atoms with Crippen molar-refractivity contribution in [2.75, 3.05) is 11.9 Å². The molecule has 1 aromatic carbocycles. The molecule has 0 saturated carbocycles. The van der Waals surface area contributed by atoms with E-state index in [0.717, 1.165) is 12.1 Å². The quantitative estimate of drug-likeness (QED) is 0.659. The second kappa shape index (κ2) is 8.17. The molecule has 0 radical (unpaired) electrons. The van der Waals surface area contributed by atoms with Crippen LogP contribution in [0, 0.1) is 0 Å². The fourth-order valence-corrected chi connectivity index (χ4v) is 1.80. The number of para-hydroxylation sites is 1. The lowest BCUT2D eigenvalue weighted by atomic mass is 10.1. The Labute approximate surface area is 98.7 Å². The van der Waals surface area contributed by atoms with Crippen LogP contribution in [-0.2, 0) is 0 Å². The van der Waals surface area contributed by atoms with E-state index in [9.17, 15) is 5.11 Å². The Morgan fingerprint density at radius 3 is 2.50 bits per heavy atom. The molecule has 0 aliphatic carbocycles. The molecule has 90 valence electrons. The van der Waals surface area contributed by atoms with Gasteiger partial charge in [0.1, 0.15) is 0 Å². The van der Waals surface area contributed by atoms with Crippen LogP contribution in [0.25, 0.3) is 0 Å². The second-order valence-electron chi connectivity index (χ2n) is 4.24. The summed E-state index contributed by atoms with van der Waals surface area (Å²) in [6.07, 6.45) is 6.06. The standard InChI is InChI=1S/C14H23NO/c1-2-3-4-6-11-14(12-16)15-13-9-7-5-8-10-13/h5,7-10,14-16H,2-4,6,11-12H2,1H3. The molecule has 0 spiro atoms. The van der Waals surface area contributed by atoms with Gasteiger partial charge in [0, 0.05) is 11.7 Å². The molecule has 0 amide bonds. The lowest BCUT2D eigenvalue weighted by molar-refractivity contribution is 0.266. The maximum atomic E-state index is 9.28. The van der Waals surface area contributed by atoms with Crippen molar-refractivity contribution in [1.29, 1.82) is 0 Å². The van der Waals surface area contributed by atoms with Gasteiger partial charge in [-0.05, 0) is 18.6 Å². The fraction of sp³-hybridized carbons (Fsp3) is 0.571. The van der Waals surface area contributed by atoms with Crippen molar-refractivity contribution in [1.82, 2.24) is 0 Å². The molecule has 1 atom stereocenters. The maximum absolute atomic E-state index is 9.28. The number of nitrogens with one attached hydrogen (secondary N) is 1. The average molecular weight is 221 g/mol. The van der Waals surface area contributed by atoms with Gasteiger partial charge in [0.25, 0.3) is 0 Å². The SMILES string of the molecule is CCCCCCC(CO)Nc1ccccc1. The van der Waals surface area contributed by atoms with Crippen LogP contribution >= 0.6 is 0 Å². The van der Waals surface area contributed by atoms with Crippen molar-refractivity contribution in [2.24, 2.45) is 0 Å². The summed E-state index contributed by atoms with van der Waals surface area (Å²) in [5, 5.41) is 12.6. The van der Waals surface area contributed by atoms with E-state index in [1.54, 1.807) is 0 Å². The number of aliphatic hydroxyl groups is 1. The Morgan fingerprint density at radius 2 is 1.88 bits per heavy atom. The zero-order chi connectivity index (χ0) is 11.6. The number of aliphatic hydroxyl groups excluding tert-OH is 1. The topological polar surface area (TPSA) is 32.3 Å². The van der Waals surface area contributed by atoms with Gasteiger partial charge in [-0.1, -0.05) is 50.8 Å². The molecule has 0 bridgehead atoms. The second-order valence-corrected chi connectivity index (χ2v) is 4.24. The summed E-state index contributed by atoms with van der Waals surface area (Å²) in [6.45, 7) is 2.42. The molecule has 2 N–H and O–H groups in total. The van der Waals surface area contributed by atoms with Crippen LogP contribution in [0.5, 0.6) is 0 Å². The predicted molar refractivity (Wildman–Crippen MR) is 69.7 cm³/mol. The van der Waals surface area contributed by atoms with E-state index in [1.807, 2.05) is 30.3 Å². The normalized spacial score (nSPS) is 12.4. The molecule has 1 unspecified atom stereocenters. The molecule has 1 aromatic rings. The average Bonchev–Trinajstić information content (AvgIpc) is 2.34. The smallest absolute Gasteiger partial charge is 0.0632 e. The molecule has 2 nitrogen and oxygen atoms in total. The zero-order valence-corrected chi connectivity index (χ0v) is 10.2. The zero-order valence-electron chi connectivity index (χ0n) is 10.2. The number of unbranched alkanes of at least 4 members (excludes halogenated alkanes) is 3. The van der Waals surface area contributed by atoms with Crippen LogP contribution in [-0.4, -0.2) is 17.8 Å². The van der Waals surface area contributed by atoms with Crippen molar-refractivity contribution in [2.45, 2.75) is 45.1 Å². The Bertz CT molecular complexity index is 261. The minimum absolute atomic E-state index is 0.194. The Hall–Kier alpha value is -1.02. The van der Waals surface area contributed by atoms with Gasteiger partial charge in [-0.2, -0.15) is 0 Å². The highest BCUT2D eigenvalue weighted by atomic mass is 16.3. The van der Waals surface area contributed by atoms with E-state index >= 15 is 0 Å². The summed E-state index contributed by atoms with van der Waals surface area (Å²) in [7, 11) is 0. The third-order valence-electron chi connectivity index (χ3n) is 2.77. The molecule has 0 fully saturated rings. The lowest BCUT2D eigenvalue weighted by Crippen LogP contribution is -2.23. The van der Waals surface area contributed by atoms with Crippen LogP contribution in [0.3, 0.4) is 0 Å². The van der Waals surface area contributed by atoms with Gasteiger partial charge in [-0.3, -0.25) is 0 Å². The summed E-state index contributed by atoms with van der Waals surface area (Å²) in [6, 6.07) is 10.3. The molecular weight excluding hydrogens is 198 g/mol. The van der Waals surface area contributed by atoms with Crippen molar-refractivity contribution < 1.29 is 5.11 Å². The molecule has 1 rings (SSSR count). The van der Waals surface area contributed by atoms with Crippen LogP contribution in [0.1, 0.15) is 39.0 Å². The summed E-state index contributed by atoms with van der Waals surface area (Å²) in [5.74, 6) is 0. The summed E-state index contributed by atoms with van der Waals surface area (Å²) < 4.78 is 0. The number of hydrogen-bond donors (Lipinski definition) is 2. The van der Waals surface area contributed by atoms with Crippen LogP contribution in [0.15, 0.2) is 30.3 Å². The monoisotopic (exact) mass is 221 g/mol.